The lowest BCUT2D eigenvalue weighted by atomic mass is 9.78. The SMILES string of the molecule is CCC1(C)CCN(C(=O)C23CCCC2C3)CC1. The van der Waals surface area contributed by atoms with Crippen molar-refractivity contribution in [1.29, 1.82) is 0 Å². The summed E-state index contributed by atoms with van der Waals surface area (Å²) in [5, 5.41) is 0. The Balaban J connectivity index is 1.62. The number of likely N-dealkylation sites (tertiary alicyclic amines) is 1. The number of nitrogens with zero attached hydrogens (tertiary/aromatic N) is 1. The molecule has 0 bridgehead atoms. The lowest BCUT2D eigenvalue weighted by molar-refractivity contribution is -0.139. The minimum Gasteiger partial charge on any atom is -0.342 e. The summed E-state index contributed by atoms with van der Waals surface area (Å²) in [5.41, 5.74) is 0.632. The van der Waals surface area contributed by atoms with Crippen LogP contribution in [0.15, 0.2) is 0 Å². The van der Waals surface area contributed by atoms with Crippen LogP contribution in [-0.4, -0.2) is 23.9 Å². The van der Waals surface area contributed by atoms with Gasteiger partial charge in [0.1, 0.15) is 0 Å². The molecule has 0 aromatic rings. The summed E-state index contributed by atoms with van der Waals surface area (Å²) in [6.45, 7) is 6.68. The second-order valence-electron chi connectivity index (χ2n) is 6.91. The van der Waals surface area contributed by atoms with Crippen LogP contribution in [0.25, 0.3) is 0 Å². The highest BCUT2D eigenvalue weighted by molar-refractivity contribution is 5.86. The van der Waals surface area contributed by atoms with Crippen LogP contribution < -0.4 is 0 Å². The Bertz CT molecular complexity index is 330. The van der Waals surface area contributed by atoms with E-state index >= 15 is 0 Å². The summed E-state index contributed by atoms with van der Waals surface area (Å²) >= 11 is 0. The molecule has 1 amide bonds. The van der Waals surface area contributed by atoms with Crippen molar-refractivity contribution in [2.45, 2.75) is 58.8 Å². The van der Waals surface area contributed by atoms with E-state index in [4.69, 9.17) is 0 Å². The molecular weight excluding hydrogens is 210 g/mol. The topological polar surface area (TPSA) is 20.3 Å². The Labute approximate surface area is 105 Å². The predicted molar refractivity (Wildman–Crippen MR) is 68.6 cm³/mol. The molecule has 2 atom stereocenters. The summed E-state index contributed by atoms with van der Waals surface area (Å²) in [6.07, 6.45) is 8.64. The molecule has 96 valence electrons. The number of amides is 1. The lowest BCUT2D eigenvalue weighted by Gasteiger charge is -2.40. The third-order valence-electron chi connectivity index (χ3n) is 5.94. The van der Waals surface area contributed by atoms with Gasteiger partial charge in [0.05, 0.1) is 5.41 Å². The first-order valence-corrected chi connectivity index (χ1v) is 7.39. The molecule has 17 heavy (non-hydrogen) atoms. The second-order valence-corrected chi connectivity index (χ2v) is 6.91. The summed E-state index contributed by atoms with van der Waals surface area (Å²) in [5.74, 6) is 1.27. The average molecular weight is 235 g/mol. The Morgan fingerprint density at radius 3 is 2.47 bits per heavy atom. The molecule has 1 saturated heterocycles. The zero-order chi connectivity index (χ0) is 12.1. The van der Waals surface area contributed by atoms with Gasteiger partial charge < -0.3 is 4.90 Å². The highest BCUT2D eigenvalue weighted by Crippen LogP contribution is 2.64. The van der Waals surface area contributed by atoms with Gasteiger partial charge in [0, 0.05) is 13.1 Å². The van der Waals surface area contributed by atoms with Gasteiger partial charge in [-0.05, 0) is 43.4 Å². The number of rotatable bonds is 2. The van der Waals surface area contributed by atoms with Gasteiger partial charge in [-0.3, -0.25) is 4.79 Å². The predicted octanol–water partition coefficient (Wildman–Crippen LogP) is 3.22. The Kier molecular flexibility index (Phi) is 2.53. The van der Waals surface area contributed by atoms with Gasteiger partial charge in [0.15, 0.2) is 0 Å². The number of hydrogen-bond donors (Lipinski definition) is 0. The van der Waals surface area contributed by atoms with Crippen molar-refractivity contribution in [2.24, 2.45) is 16.7 Å². The van der Waals surface area contributed by atoms with Crippen molar-refractivity contribution in [1.82, 2.24) is 4.90 Å². The monoisotopic (exact) mass is 235 g/mol. The highest BCUT2D eigenvalue weighted by atomic mass is 16.2. The number of hydrogen-bond acceptors (Lipinski definition) is 1. The number of piperidine rings is 1. The standard InChI is InChI=1S/C15H25NO/c1-3-14(2)7-9-16(10-8-14)13(17)15-6-4-5-12(15)11-15/h12H,3-11H2,1-2H3. The van der Waals surface area contributed by atoms with Crippen molar-refractivity contribution in [3.8, 4) is 0 Å². The Hall–Kier alpha value is -0.530. The largest absolute Gasteiger partial charge is 0.342 e. The molecule has 3 aliphatic rings. The number of fused-ring (bicyclic) bond motifs is 1. The molecule has 2 saturated carbocycles. The summed E-state index contributed by atoms with van der Waals surface area (Å²) in [4.78, 5) is 14.8. The molecule has 0 N–H and O–H groups in total. The molecule has 2 aliphatic carbocycles. The third kappa shape index (κ3) is 1.71. The summed E-state index contributed by atoms with van der Waals surface area (Å²) in [7, 11) is 0. The Morgan fingerprint density at radius 2 is 2.00 bits per heavy atom. The van der Waals surface area contributed by atoms with Crippen LogP contribution in [-0.2, 0) is 4.79 Å². The van der Waals surface area contributed by atoms with Crippen LogP contribution in [0.1, 0.15) is 58.8 Å². The van der Waals surface area contributed by atoms with Crippen molar-refractivity contribution in [2.75, 3.05) is 13.1 Å². The van der Waals surface area contributed by atoms with E-state index in [0.29, 0.717) is 11.3 Å². The molecule has 2 unspecified atom stereocenters. The van der Waals surface area contributed by atoms with Crippen LogP contribution in [0, 0.1) is 16.7 Å². The Morgan fingerprint density at radius 1 is 1.29 bits per heavy atom. The van der Waals surface area contributed by atoms with E-state index in [1.54, 1.807) is 0 Å². The molecule has 0 spiro atoms. The molecule has 0 radical (unpaired) electrons. The van der Waals surface area contributed by atoms with E-state index in [-0.39, 0.29) is 5.41 Å². The van der Waals surface area contributed by atoms with Crippen LogP contribution in [0.5, 0.6) is 0 Å². The fraction of sp³-hybridized carbons (Fsp3) is 0.933. The van der Waals surface area contributed by atoms with Crippen LogP contribution in [0.2, 0.25) is 0 Å². The minimum atomic E-state index is 0.139. The summed E-state index contributed by atoms with van der Waals surface area (Å²) < 4.78 is 0. The fourth-order valence-electron chi connectivity index (χ4n) is 4.02. The number of carbonyl (C=O) groups excluding carboxylic acids is 1. The maximum atomic E-state index is 12.6. The molecule has 3 fully saturated rings. The quantitative estimate of drug-likeness (QED) is 0.719. The van der Waals surface area contributed by atoms with E-state index in [2.05, 4.69) is 18.7 Å². The molecule has 2 nitrogen and oxygen atoms in total. The molecule has 1 heterocycles. The van der Waals surface area contributed by atoms with E-state index in [0.717, 1.165) is 19.0 Å². The van der Waals surface area contributed by atoms with E-state index in [1.165, 1.54) is 44.9 Å². The van der Waals surface area contributed by atoms with Crippen molar-refractivity contribution in [3.05, 3.63) is 0 Å². The van der Waals surface area contributed by atoms with Gasteiger partial charge in [-0.1, -0.05) is 26.7 Å². The zero-order valence-electron chi connectivity index (χ0n) is 11.3. The summed E-state index contributed by atoms with van der Waals surface area (Å²) in [6, 6.07) is 0. The molecule has 3 rings (SSSR count). The number of carbonyl (C=O) groups is 1. The average Bonchev–Trinajstić information content (AvgIpc) is 2.92. The minimum absolute atomic E-state index is 0.139. The first-order chi connectivity index (χ1) is 8.10. The first kappa shape index (κ1) is 11.6. The van der Waals surface area contributed by atoms with Gasteiger partial charge >= 0.3 is 0 Å². The van der Waals surface area contributed by atoms with Crippen LogP contribution in [0.4, 0.5) is 0 Å². The van der Waals surface area contributed by atoms with Crippen molar-refractivity contribution >= 4 is 5.91 Å². The normalized spacial score (nSPS) is 38.9. The van der Waals surface area contributed by atoms with Gasteiger partial charge in [-0.15, -0.1) is 0 Å². The zero-order valence-corrected chi connectivity index (χ0v) is 11.3. The smallest absolute Gasteiger partial charge is 0.229 e. The molecular formula is C15H25NO. The maximum absolute atomic E-state index is 12.6. The highest BCUT2D eigenvalue weighted by Gasteiger charge is 2.63. The molecule has 0 aromatic carbocycles. The van der Waals surface area contributed by atoms with Gasteiger partial charge in [-0.25, -0.2) is 0 Å². The third-order valence-corrected chi connectivity index (χ3v) is 5.94. The van der Waals surface area contributed by atoms with E-state index < -0.39 is 0 Å². The van der Waals surface area contributed by atoms with Gasteiger partial charge in [-0.2, -0.15) is 0 Å². The van der Waals surface area contributed by atoms with E-state index in [1.807, 2.05) is 0 Å². The molecule has 2 heteroatoms. The van der Waals surface area contributed by atoms with Gasteiger partial charge in [0.2, 0.25) is 5.91 Å². The molecule has 1 aliphatic heterocycles. The fourth-order valence-corrected chi connectivity index (χ4v) is 4.02. The lowest BCUT2D eigenvalue weighted by Crippen LogP contribution is -2.45. The second kappa shape index (κ2) is 3.73. The van der Waals surface area contributed by atoms with Crippen LogP contribution >= 0.6 is 0 Å². The maximum Gasteiger partial charge on any atom is 0.229 e. The van der Waals surface area contributed by atoms with Crippen LogP contribution in [0.3, 0.4) is 0 Å². The molecule has 0 aromatic heterocycles. The van der Waals surface area contributed by atoms with Crippen molar-refractivity contribution in [3.63, 3.8) is 0 Å². The van der Waals surface area contributed by atoms with Gasteiger partial charge in [0.25, 0.3) is 0 Å². The van der Waals surface area contributed by atoms with E-state index in [9.17, 15) is 4.79 Å². The van der Waals surface area contributed by atoms with Crippen molar-refractivity contribution < 1.29 is 4.79 Å². The first-order valence-electron chi connectivity index (χ1n) is 7.39.